The number of ether oxygens (including phenoxy) is 3. The van der Waals surface area contributed by atoms with Crippen molar-refractivity contribution in [1.82, 2.24) is 0 Å². The van der Waals surface area contributed by atoms with E-state index in [0.717, 1.165) is 28.6 Å². The minimum absolute atomic E-state index is 0.260. The van der Waals surface area contributed by atoms with Crippen molar-refractivity contribution in [2.45, 2.75) is 6.92 Å². The van der Waals surface area contributed by atoms with Gasteiger partial charge < -0.3 is 19.9 Å². The van der Waals surface area contributed by atoms with E-state index in [1.165, 1.54) is 0 Å². The van der Waals surface area contributed by atoms with Crippen molar-refractivity contribution in [1.29, 1.82) is 0 Å². The monoisotopic (exact) mass is 398 g/mol. The summed E-state index contributed by atoms with van der Waals surface area (Å²) in [7, 11) is 0. The van der Waals surface area contributed by atoms with E-state index < -0.39 is 0 Å². The topological polar surface area (TPSA) is 83.1 Å². The van der Waals surface area contributed by atoms with Gasteiger partial charge in [-0.05, 0) is 48.5 Å². The molecule has 0 saturated carbocycles. The van der Waals surface area contributed by atoms with Crippen molar-refractivity contribution in [3.05, 3.63) is 64.6 Å². The van der Waals surface area contributed by atoms with Gasteiger partial charge in [0.25, 0.3) is 5.91 Å². The standard InChI is InChI=1S/C21H22N2O4S/c1-15-5-4-7-17(13-15)26-11-9-25-10-12-27-18-8-3-2-6-16(18)14-19-20(24)23-21(22)28-19/h2-8,13-14H,9-12H2,1H3,(H2,22,23,24)/b19-14+. The van der Waals surface area contributed by atoms with Crippen molar-refractivity contribution in [2.24, 2.45) is 10.7 Å². The largest absolute Gasteiger partial charge is 0.491 e. The third-order valence-electron chi connectivity index (χ3n) is 3.81. The van der Waals surface area contributed by atoms with Crippen LogP contribution < -0.4 is 15.2 Å². The van der Waals surface area contributed by atoms with E-state index in [4.69, 9.17) is 19.9 Å². The summed E-state index contributed by atoms with van der Waals surface area (Å²) in [5.41, 5.74) is 7.54. The van der Waals surface area contributed by atoms with Gasteiger partial charge in [-0.25, -0.2) is 0 Å². The molecule has 1 amide bonds. The molecule has 6 nitrogen and oxygen atoms in total. The summed E-state index contributed by atoms with van der Waals surface area (Å²) in [4.78, 5) is 15.9. The number of rotatable bonds is 9. The van der Waals surface area contributed by atoms with Crippen LogP contribution in [0.3, 0.4) is 0 Å². The molecule has 0 unspecified atom stereocenters. The van der Waals surface area contributed by atoms with Gasteiger partial charge in [0.15, 0.2) is 5.17 Å². The minimum atomic E-state index is -0.325. The highest BCUT2D eigenvalue weighted by molar-refractivity contribution is 8.18. The second-order valence-corrected chi connectivity index (χ2v) is 7.09. The summed E-state index contributed by atoms with van der Waals surface area (Å²) in [6, 6.07) is 15.4. The van der Waals surface area contributed by atoms with Gasteiger partial charge >= 0.3 is 0 Å². The Labute approximate surface area is 168 Å². The Morgan fingerprint density at radius 3 is 2.57 bits per heavy atom. The van der Waals surface area contributed by atoms with Crippen LogP contribution in [0.1, 0.15) is 11.1 Å². The Balaban J connectivity index is 1.41. The van der Waals surface area contributed by atoms with Crippen LogP contribution in [-0.2, 0) is 9.53 Å². The normalized spacial score (nSPS) is 15.0. The average molecular weight is 398 g/mol. The number of nitrogens with zero attached hydrogens (tertiary/aromatic N) is 1. The molecule has 2 aromatic carbocycles. The number of hydrogen-bond acceptors (Lipinski definition) is 6. The van der Waals surface area contributed by atoms with Gasteiger partial charge in [-0.2, -0.15) is 4.99 Å². The molecule has 0 spiro atoms. The molecule has 28 heavy (non-hydrogen) atoms. The second-order valence-electron chi connectivity index (χ2n) is 6.03. The molecule has 0 bridgehead atoms. The van der Waals surface area contributed by atoms with Crippen LogP contribution in [0.5, 0.6) is 11.5 Å². The molecule has 7 heteroatoms. The van der Waals surface area contributed by atoms with E-state index in [9.17, 15) is 4.79 Å². The second kappa shape index (κ2) is 9.96. The maximum Gasteiger partial charge on any atom is 0.286 e. The number of carbonyl (C=O) groups is 1. The molecular weight excluding hydrogens is 376 g/mol. The maximum atomic E-state index is 11.8. The predicted octanol–water partition coefficient (Wildman–Crippen LogP) is 3.40. The van der Waals surface area contributed by atoms with Gasteiger partial charge in [0.05, 0.1) is 18.1 Å². The number of amides is 1. The van der Waals surface area contributed by atoms with Crippen molar-refractivity contribution in [3.63, 3.8) is 0 Å². The zero-order chi connectivity index (χ0) is 19.8. The fourth-order valence-electron chi connectivity index (χ4n) is 2.53. The number of hydrogen-bond donors (Lipinski definition) is 1. The number of aliphatic imine (C=N–C) groups is 1. The maximum absolute atomic E-state index is 11.8. The molecule has 0 aromatic heterocycles. The fourth-order valence-corrected chi connectivity index (χ4v) is 3.21. The summed E-state index contributed by atoms with van der Waals surface area (Å²) >= 11 is 1.16. The Kier molecular flexibility index (Phi) is 7.11. The Hall–Kier alpha value is -2.77. The van der Waals surface area contributed by atoms with Crippen molar-refractivity contribution < 1.29 is 19.0 Å². The van der Waals surface area contributed by atoms with Gasteiger partial charge in [-0.1, -0.05) is 30.3 Å². The molecule has 146 valence electrons. The summed E-state index contributed by atoms with van der Waals surface area (Å²) in [5.74, 6) is 1.19. The number of para-hydroxylation sites is 1. The van der Waals surface area contributed by atoms with E-state index in [1.807, 2.05) is 55.5 Å². The lowest BCUT2D eigenvalue weighted by Crippen LogP contribution is -2.12. The Morgan fingerprint density at radius 2 is 1.82 bits per heavy atom. The lowest BCUT2D eigenvalue weighted by atomic mass is 10.2. The summed E-state index contributed by atoms with van der Waals surface area (Å²) in [5, 5.41) is 0.260. The van der Waals surface area contributed by atoms with Crippen LogP contribution >= 0.6 is 11.8 Å². The minimum Gasteiger partial charge on any atom is -0.491 e. The molecule has 0 aliphatic carbocycles. The summed E-state index contributed by atoms with van der Waals surface area (Å²) in [6.07, 6.45) is 1.74. The van der Waals surface area contributed by atoms with Crippen LogP contribution in [-0.4, -0.2) is 37.5 Å². The number of thioether (sulfide) groups is 1. The molecule has 1 heterocycles. The van der Waals surface area contributed by atoms with Crippen LogP contribution in [0.15, 0.2) is 58.4 Å². The summed E-state index contributed by atoms with van der Waals surface area (Å²) < 4.78 is 17.0. The van der Waals surface area contributed by atoms with Crippen molar-refractivity contribution in [3.8, 4) is 11.5 Å². The molecule has 2 N–H and O–H groups in total. The van der Waals surface area contributed by atoms with Crippen molar-refractivity contribution >= 4 is 28.9 Å². The molecule has 0 fully saturated rings. The van der Waals surface area contributed by atoms with Crippen LogP contribution in [0.25, 0.3) is 6.08 Å². The lowest BCUT2D eigenvalue weighted by molar-refractivity contribution is -0.113. The Bertz CT molecular complexity index is 895. The first-order valence-corrected chi connectivity index (χ1v) is 9.70. The van der Waals surface area contributed by atoms with Crippen LogP contribution in [0.4, 0.5) is 0 Å². The van der Waals surface area contributed by atoms with Crippen LogP contribution in [0, 0.1) is 6.92 Å². The first-order valence-electron chi connectivity index (χ1n) is 8.89. The van der Waals surface area contributed by atoms with E-state index in [-0.39, 0.29) is 11.1 Å². The van der Waals surface area contributed by atoms with Gasteiger partial charge in [0.1, 0.15) is 24.7 Å². The Morgan fingerprint density at radius 1 is 1.04 bits per heavy atom. The predicted molar refractivity (Wildman–Crippen MR) is 112 cm³/mol. The lowest BCUT2D eigenvalue weighted by Gasteiger charge is -2.11. The highest BCUT2D eigenvalue weighted by Crippen LogP contribution is 2.29. The average Bonchev–Trinajstić information content (AvgIpc) is 2.99. The first kappa shape index (κ1) is 20.0. The van der Waals surface area contributed by atoms with Gasteiger partial charge in [0, 0.05) is 5.56 Å². The van der Waals surface area contributed by atoms with Crippen molar-refractivity contribution in [2.75, 3.05) is 26.4 Å². The number of nitrogens with two attached hydrogens (primary N) is 1. The smallest absolute Gasteiger partial charge is 0.286 e. The zero-order valence-electron chi connectivity index (χ0n) is 15.6. The third-order valence-corrected chi connectivity index (χ3v) is 4.63. The molecule has 3 rings (SSSR count). The molecule has 1 aliphatic heterocycles. The highest BCUT2D eigenvalue weighted by Gasteiger charge is 2.20. The first-order chi connectivity index (χ1) is 13.6. The zero-order valence-corrected chi connectivity index (χ0v) is 16.4. The summed E-state index contributed by atoms with van der Waals surface area (Å²) in [6.45, 7) is 3.81. The molecule has 0 radical (unpaired) electrons. The van der Waals surface area contributed by atoms with E-state index >= 15 is 0 Å². The van der Waals surface area contributed by atoms with E-state index in [0.29, 0.717) is 37.1 Å². The quantitative estimate of drug-likeness (QED) is 0.515. The van der Waals surface area contributed by atoms with Crippen LogP contribution in [0.2, 0.25) is 0 Å². The molecule has 1 aliphatic rings. The molecule has 0 atom stereocenters. The van der Waals surface area contributed by atoms with E-state index in [2.05, 4.69) is 4.99 Å². The highest BCUT2D eigenvalue weighted by atomic mass is 32.2. The van der Waals surface area contributed by atoms with Gasteiger partial charge in [0.2, 0.25) is 0 Å². The SMILES string of the molecule is Cc1cccc(OCCOCCOc2ccccc2/C=C2/SC(N)=NC2=O)c1. The number of amidine groups is 1. The third kappa shape index (κ3) is 5.87. The molecule has 2 aromatic rings. The number of carbonyl (C=O) groups excluding carboxylic acids is 1. The van der Waals surface area contributed by atoms with E-state index in [1.54, 1.807) is 6.08 Å². The number of aryl methyl sites for hydroxylation is 1. The fraction of sp³-hybridized carbons (Fsp3) is 0.238. The van der Waals surface area contributed by atoms with Gasteiger partial charge in [-0.15, -0.1) is 0 Å². The molecular formula is C21H22N2O4S. The molecule has 0 saturated heterocycles. The number of benzene rings is 2. The van der Waals surface area contributed by atoms with Gasteiger partial charge in [-0.3, -0.25) is 4.79 Å².